The van der Waals surface area contributed by atoms with Crippen molar-refractivity contribution in [3.63, 3.8) is 0 Å². The molecule has 2 heterocycles. The Hall–Kier alpha value is -0.970. The van der Waals surface area contributed by atoms with Gasteiger partial charge in [-0.1, -0.05) is 6.07 Å². The highest BCUT2D eigenvalue weighted by Crippen LogP contribution is 2.08. The first-order valence-corrected chi connectivity index (χ1v) is 5.67. The van der Waals surface area contributed by atoms with Gasteiger partial charge in [0.05, 0.1) is 11.8 Å². The minimum Gasteiger partial charge on any atom is -0.390 e. The van der Waals surface area contributed by atoms with E-state index in [2.05, 4.69) is 15.2 Å². The van der Waals surface area contributed by atoms with Crippen LogP contribution in [0.25, 0.3) is 0 Å². The van der Waals surface area contributed by atoms with E-state index in [9.17, 15) is 5.11 Å². The van der Waals surface area contributed by atoms with Crippen molar-refractivity contribution in [1.29, 1.82) is 0 Å². The van der Waals surface area contributed by atoms with Crippen LogP contribution in [0.1, 0.15) is 11.4 Å². The summed E-state index contributed by atoms with van der Waals surface area (Å²) in [6, 6.07) is 6.16. The monoisotopic (exact) mass is 221 g/mol. The SMILES string of the molecule is Cc1cccc(CN[C@@H]2CN(C)C[C@H]2O)n1. The lowest BCUT2D eigenvalue weighted by atomic mass is 10.2. The third kappa shape index (κ3) is 2.78. The molecule has 1 saturated heterocycles. The maximum absolute atomic E-state index is 9.77. The summed E-state index contributed by atoms with van der Waals surface area (Å²) in [6.07, 6.45) is -0.269. The predicted octanol–water partition coefficient (Wildman–Crippen LogP) is 0.155. The molecule has 1 aliphatic heterocycles. The van der Waals surface area contributed by atoms with Crippen molar-refractivity contribution in [2.75, 3.05) is 20.1 Å². The largest absolute Gasteiger partial charge is 0.390 e. The standard InChI is InChI=1S/C12H19N3O/c1-9-4-3-5-10(14-9)6-13-11-7-15(2)8-12(11)16/h3-5,11-13,16H,6-8H2,1-2H3/t11-,12-/m1/s1. The van der Waals surface area contributed by atoms with Gasteiger partial charge in [-0.25, -0.2) is 0 Å². The predicted molar refractivity (Wildman–Crippen MR) is 63.1 cm³/mol. The van der Waals surface area contributed by atoms with Crippen LogP contribution in [-0.2, 0) is 6.54 Å². The third-order valence-electron chi connectivity index (χ3n) is 2.96. The van der Waals surface area contributed by atoms with Gasteiger partial charge in [-0.05, 0) is 26.1 Å². The first-order chi connectivity index (χ1) is 7.65. The summed E-state index contributed by atoms with van der Waals surface area (Å²) in [7, 11) is 2.02. The summed E-state index contributed by atoms with van der Waals surface area (Å²) in [6.45, 7) is 4.35. The van der Waals surface area contributed by atoms with Crippen LogP contribution >= 0.6 is 0 Å². The van der Waals surface area contributed by atoms with Gasteiger partial charge >= 0.3 is 0 Å². The van der Waals surface area contributed by atoms with Crippen LogP contribution in [0.3, 0.4) is 0 Å². The molecule has 1 fully saturated rings. The van der Waals surface area contributed by atoms with Crippen LogP contribution in [-0.4, -0.2) is 47.3 Å². The molecule has 1 aromatic heterocycles. The zero-order chi connectivity index (χ0) is 11.5. The Morgan fingerprint density at radius 1 is 1.50 bits per heavy atom. The minimum atomic E-state index is -0.269. The Balaban J connectivity index is 1.88. The molecule has 2 atom stereocenters. The summed E-state index contributed by atoms with van der Waals surface area (Å²) in [4.78, 5) is 6.55. The molecule has 16 heavy (non-hydrogen) atoms. The van der Waals surface area contributed by atoms with Crippen molar-refractivity contribution in [2.45, 2.75) is 25.6 Å². The third-order valence-corrected chi connectivity index (χ3v) is 2.96. The molecule has 4 nitrogen and oxygen atoms in total. The summed E-state index contributed by atoms with van der Waals surface area (Å²) in [5.74, 6) is 0. The zero-order valence-electron chi connectivity index (χ0n) is 9.85. The molecule has 0 amide bonds. The van der Waals surface area contributed by atoms with Crippen molar-refractivity contribution >= 4 is 0 Å². The van der Waals surface area contributed by atoms with Crippen LogP contribution < -0.4 is 5.32 Å². The number of aromatic nitrogens is 1. The molecule has 0 aliphatic carbocycles. The van der Waals surface area contributed by atoms with Gasteiger partial charge in [-0.2, -0.15) is 0 Å². The Morgan fingerprint density at radius 3 is 2.94 bits per heavy atom. The second kappa shape index (κ2) is 4.91. The molecule has 2 N–H and O–H groups in total. The summed E-state index contributed by atoms with van der Waals surface area (Å²) >= 11 is 0. The Morgan fingerprint density at radius 2 is 2.31 bits per heavy atom. The molecule has 0 saturated carbocycles. The fraction of sp³-hybridized carbons (Fsp3) is 0.583. The number of aliphatic hydroxyl groups excluding tert-OH is 1. The molecule has 1 aromatic rings. The molecular formula is C12H19N3O. The smallest absolute Gasteiger partial charge is 0.0832 e. The van der Waals surface area contributed by atoms with Crippen LogP contribution in [0, 0.1) is 6.92 Å². The van der Waals surface area contributed by atoms with Crippen molar-refractivity contribution in [2.24, 2.45) is 0 Å². The molecular weight excluding hydrogens is 202 g/mol. The maximum Gasteiger partial charge on any atom is 0.0832 e. The van der Waals surface area contributed by atoms with Gasteiger partial charge in [-0.3, -0.25) is 4.98 Å². The molecule has 4 heteroatoms. The van der Waals surface area contributed by atoms with E-state index >= 15 is 0 Å². The second-order valence-corrected chi connectivity index (χ2v) is 4.55. The first-order valence-electron chi connectivity index (χ1n) is 5.67. The van der Waals surface area contributed by atoms with E-state index in [0.717, 1.165) is 31.0 Å². The average Bonchev–Trinajstić information content (AvgIpc) is 2.54. The second-order valence-electron chi connectivity index (χ2n) is 4.55. The van der Waals surface area contributed by atoms with Crippen molar-refractivity contribution < 1.29 is 5.11 Å². The lowest BCUT2D eigenvalue weighted by molar-refractivity contribution is 0.156. The van der Waals surface area contributed by atoms with Gasteiger partial charge in [0, 0.05) is 31.4 Å². The molecule has 0 unspecified atom stereocenters. The van der Waals surface area contributed by atoms with Crippen molar-refractivity contribution in [1.82, 2.24) is 15.2 Å². The fourth-order valence-corrected chi connectivity index (χ4v) is 2.11. The van der Waals surface area contributed by atoms with Crippen molar-refractivity contribution in [3.8, 4) is 0 Å². The summed E-state index contributed by atoms with van der Waals surface area (Å²) in [5, 5.41) is 13.1. The highest BCUT2D eigenvalue weighted by molar-refractivity contribution is 5.10. The number of nitrogens with zero attached hydrogens (tertiary/aromatic N) is 2. The van der Waals surface area contributed by atoms with Crippen LogP contribution in [0.4, 0.5) is 0 Å². The number of hydrogen-bond donors (Lipinski definition) is 2. The number of likely N-dealkylation sites (tertiary alicyclic amines) is 1. The molecule has 0 aromatic carbocycles. The number of aliphatic hydroxyl groups is 1. The van der Waals surface area contributed by atoms with Crippen LogP contribution in [0.5, 0.6) is 0 Å². The number of nitrogens with one attached hydrogen (secondary N) is 1. The quantitative estimate of drug-likeness (QED) is 0.763. The normalized spacial score (nSPS) is 26.2. The molecule has 0 bridgehead atoms. The zero-order valence-corrected chi connectivity index (χ0v) is 9.85. The topological polar surface area (TPSA) is 48.4 Å². The van der Waals surface area contributed by atoms with Gasteiger partial charge in [0.15, 0.2) is 0 Å². The summed E-state index contributed by atoms with van der Waals surface area (Å²) in [5.41, 5.74) is 2.06. The lowest BCUT2D eigenvalue weighted by Crippen LogP contribution is -2.38. The summed E-state index contributed by atoms with van der Waals surface area (Å²) < 4.78 is 0. The van der Waals surface area contributed by atoms with Crippen LogP contribution in [0.15, 0.2) is 18.2 Å². The fourth-order valence-electron chi connectivity index (χ4n) is 2.11. The van der Waals surface area contributed by atoms with Gasteiger partial charge in [0.1, 0.15) is 0 Å². The highest BCUT2D eigenvalue weighted by Gasteiger charge is 2.28. The van der Waals surface area contributed by atoms with E-state index in [1.807, 2.05) is 32.2 Å². The van der Waals surface area contributed by atoms with Gasteiger partial charge in [0.2, 0.25) is 0 Å². The van der Waals surface area contributed by atoms with E-state index in [4.69, 9.17) is 0 Å². The molecule has 2 rings (SSSR count). The van der Waals surface area contributed by atoms with Crippen molar-refractivity contribution in [3.05, 3.63) is 29.6 Å². The Bertz CT molecular complexity index is 356. The maximum atomic E-state index is 9.77. The number of rotatable bonds is 3. The van der Waals surface area contributed by atoms with E-state index < -0.39 is 0 Å². The van der Waals surface area contributed by atoms with Gasteiger partial charge < -0.3 is 15.3 Å². The number of hydrogen-bond acceptors (Lipinski definition) is 4. The lowest BCUT2D eigenvalue weighted by Gasteiger charge is -2.15. The van der Waals surface area contributed by atoms with E-state index in [1.54, 1.807) is 0 Å². The van der Waals surface area contributed by atoms with Gasteiger partial charge in [-0.15, -0.1) is 0 Å². The van der Waals surface area contributed by atoms with E-state index in [-0.39, 0.29) is 12.1 Å². The minimum absolute atomic E-state index is 0.160. The van der Waals surface area contributed by atoms with Gasteiger partial charge in [0.25, 0.3) is 0 Å². The average molecular weight is 221 g/mol. The molecule has 0 radical (unpaired) electrons. The van der Waals surface area contributed by atoms with E-state index in [1.165, 1.54) is 0 Å². The Kier molecular flexibility index (Phi) is 3.53. The van der Waals surface area contributed by atoms with Crippen LogP contribution in [0.2, 0.25) is 0 Å². The molecule has 0 spiro atoms. The molecule has 1 aliphatic rings. The first kappa shape index (κ1) is 11.5. The van der Waals surface area contributed by atoms with E-state index in [0.29, 0.717) is 0 Å². The highest BCUT2D eigenvalue weighted by atomic mass is 16.3. The number of aryl methyl sites for hydroxylation is 1. The number of pyridine rings is 1. The number of likely N-dealkylation sites (N-methyl/N-ethyl adjacent to an activating group) is 1. The number of β-amino-alcohol motifs (C(OH)–C–C–N with tert-alkyl or cyclic N) is 1. The molecule has 88 valence electrons. The Labute approximate surface area is 96.3 Å².